The average molecular weight is 455 g/mol. The Morgan fingerprint density at radius 3 is 2.47 bits per heavy atom. The molecule has 1 aliphatic rings. The van der Waals surface area contributed by atoms with E-state index in [4.69, 9.17) is 5.10 Å². The zero-order valence-corrected chi connectivity index (χ0v) is 19.2. The van der Waals surface area contributed by atoms with Crippen molar-refractivity contribution in [3.63, 3.8) is 0 Å². The van der Waals surface area contributed by atoms with Gasteiger partial charge in [-0.3, -0.25) is 9.69 Å². The highest BCUT2D eigenvalue weighted by molar-refractivity contribution is 5.93. The summed E-state index contributed by atoms with van der Waals surface area (Å²) in [7, 11) is 1.82. The normalized spacial score (nSPS) is 13.5. The van der Waals surface area contributed by atoms with E-state index >= 15 is 0 Å². The van der Waals surface area contributed by atoms with Crippen LogP contribution < -0.4 is 0 Å². The molecule has 0 fully saturated rings. The molecule has 5 rings (SSSR count). The van der Waals surface area contributed by atoms with Crippen LogP contribution in [0.25, 0.3) is 5.69 Å². The van der Waals surface area contributed by atoms with Crippen molar-refractivity contribution in [2.45, 2.75) is 26.1 Å². The molecule has 1 aromatic heterocycles. The van der Waals surface area contributed by atoms with Gasteiger partial charge in [0.15, 0.2) is 0 Å². The number of benzene rings is 3. The summed E-state index contributed by atoms with van der Waals surface area (Å²) in [6.45, 7) is 2.66. The van der Waals surface area contributed by atoms with Gasteiger partial charge in [0.1, 0.15) is 5.82 Å². The molecule has 0 radical (unpaired) electrons. The van der Waals surface area contributed by atoms with Crippen LogP contribution in [0.2, 0.25) is 0 Å². The molecule has 4 aromatic rings. The van der Waals surface area contributed by atoms with E-state index in [9.17, 15) is 9.18 Å². The molecule has 0 bridgehead atoms. The van der Waals surface area contributed by atoms with Crippen LogP contribution >= 0.6 is 0 Å². The molecule has 0 spiro atoms. The third-order valence-electron chi connectivity index (χ3n) is 6.27. The van der Waals surface area contributed by atoms with Crippen molar-refractivity contribution in [2.75, 3.05) is 13.6 Å². The maximum atomic E-state index is 13.7. The molecule has 0 saturated heterocycles. The van der Waals surface area contributed by atoms with Crippen molar-refractivity contribution >= 4 is 5.91 Å². The van der Waals surface area contributed by atoms with E-state index in [1.165, 1.54) is 11.8 Å². The topological polar surface area (TPSA) is 41.4 Å². The summed E-state index contributed by atoms with van der Waals surface area (Å²) >= 11 is 0. The third-order valence-corrected chi connectivity index (χ3v) is 6.27. The maximum absolute atomic E-state index is 13.7. The molecule has 172 valence electrons. The summed E-state index contributed by atoms with van der Waals surface area (Å²) < 4.78 is 15.7. The average Bonchev–Trinajstić information content (AvgIpc) is 3.22. The van der Waals surface area contributed by atoms with Crippen LogP contribution in [-0.4, -0.2) is 39.1 Å². The smallest absolute Gasteiger partial charge is 0.253 e. The lowest BCUT2D eigenvalue weighted by atomic mass is 10.0. The second kappa shape index (κ2) is 9.61. The fraction of sp³-hybridized carbons (Fsp3) is 0.214. The number of hydrogen-bond acceptors (Lipinski definition) is 3. The van der Waals surface area contributed by atoms with Crippen LogP contribution in [0.4, 0.5) is 4.39 Å². The number of carbonyl (C=O) groups excluding carboxylic acids is 1. The van der Waals surface area contributed by atoms with Crippen LogP contribution in [-0.2, 0) is 26.1 Å². The van der Waals surface area contributed by atoms with Crippen LogP contribution in [0, 0.1) is 5.82 Å². The molecule has 1 amide bonds. The Bertz CT molecular complexity index is 1290. The highest BCUT2D eigenvalue weighted by Crippen LogP contribution is 2.27. The molecule has 2 heterocycles. The lowest BCUT2D eigenvalue weighted by Gasteiger charge is -2.28. The monoisotopic (exact) mass is 454 g/mol. The number of carbonyl (C=O) groups is 1. The van der Waals surface area contributed by atoms with Crippen molar-refractivity contribution in [2.24, 2.45) is 0 Å². The van der Waals surface area contributed by atoms with E-state index in [0.717, 1.165) is 35.5 Å². The van der Waals surface area contributed by atoms with Gasteiger partial charge in [0, 0.05) is 44.2 Å². The van der Waals surface area contributed by atoms with E-state index in [1.54, 1.807) is 17.0 Å². The highest BCUT2D eigenvalue weighted by atomic mass is 19.1. The largest absolute Gasteiger partial charge is 0.336 e. The molecular weight excluding hydrogens is 427 g/mol. The molecule has 5 nitrogen and oxygen atoms in total. The van der Waals surface area contributed by atoms with E-state index in [1.807, 2.05) is 66.3 Å². The molecular formula is C28H27FN4O. The van der Waals surface area contributed by atoms with E-state index < -0.39 is 0 Å². The van der Waals surface area contributed by atoms with Gasteiger partial charge in [-0.2, -0.15) is 5.10 Å². The highest BCUT2D eigenvalue weighted by Gasteiger charge is 2.27. The Labute approximate surface area is 199 Å². The summed E-state index contributed by atoms with van der Waals surface area (Å²) in [4.78, 5) is 17.0. The van der Waals surface area contributed by atoms with Crippen molar-refractivity contribution in [3.8, 4) is 5.69 Å². The van der Waals surface area contributed by atoms with Gasteiger partial charge >= 0.3 is 0 Å². The van der Waals surface area contributed by atoms with Crippen LogP contribution in [0.3, 0.4) is 0 Å². The number of rotatable bonds is 6. The Kier molecular flexibility index (Phi) is 6.23. The lowest BCUT2D eigenvalue weighted by Crippen LogP contribution is -2.32. The number of halogens is 1. The number of hydrogen-bond donors (Lipinski definition) is 0. The third kappa shape index (κ3) is 4.63. The Hall–Kier alpha value is -3.77. The molecule has 34 heavy (non-hydrogen) atoms. The van der Waals surface area contributed by atoms with Gasteiger partial charge in [-0.15, -0.1) is 0 Å². The summed E-state index contributed by atoms with van der Waals surface area (Å²) in [6.07, 6.45) is 0.836. The van der Waals surface area contributed by atoms with Gasteiger partial charge in [-0.05, 0) is 42.0 Å². The van der Waals surface area contributed by atoms with E-state index in [0.29, 0.717) is 25.2 Å². The van der Waals surface area contributed by atoms with Gasteiger partial charge in [0.25, 0.3) is 5.91 Å². The molecule has 6 heteroatoms. The van der Waals surface area contributed by atoms with E-state index in [2.05, 4.69) is 17.0 Å². The number of amides is 1. The second-order valence-electron chi connectivity index (χ2n) is 8.74. The fourth-order valence-corrected chi connectivity index (χ4v) is 4.58. The Morgan fingerprint density at radius 1 is 1.00 bits per heavy atom. The summed E-state index contributed by atoms with van der Waals surface area (Å²) in [6, 6.07) is 26.2. The van der Waals surface area contributed by atoms with Gasteiger partial charge < -0.3 is 4.90 Å². The van der Waals surface area contributed by atoms with Gasteiger partial charge in [0.05, 0.1) is 23.6 Å². The predicted octanol–water partition coefficient (Wildman–Crippen LogP) is 4.84. The molecule has 0 atom stereocenters. The number of fused-ring (bicyclic) bond motifs is 1. The summed E-state index contributed by atoms with van der Waals surface area (Å²) in [5, 5.41) is 4.97. The quantitative estimate of drug-likeness (QED) is 0.419. The fourth-order valence-electron chi connectivity index (χ4n) is 4.58. The van der Waals surface area contributed by atoms with Crippen molar-refractivity contribution in [1.82, 2.24) is 19.6 Å². The SMILES string of the molecule is CN(Cc1nn(-c2ccccc2)c2c1CN(Cc1cccc(F)c1)CC2)C(=O)c1ccccc1. The molecule has 0 N–H and O–H groups in total. The van der Waals surface area contributed by atoms with Crippen LogP contribution in [0.5, 0.6) is 0 Å². The standard InChI is InChI=1S/C28H27FN4O/c1-31(28(34)22-10-4-2-5-11-22)20-26-25-19-32(18-21-9-8-12-23(29)17-21)16-15-27(25)33(30-26)24-13-6-3-7-14-24/h2-14,17H,15-16,18-20H2,1H3. The predicted molar refractivity (Wildman–Crippen MR) is 130 cm³/mol. The summed E-state index contributed by atoms with van der Waals surface area (Å²) in [5.74, 6) is -0.245. The van der Waals surface area contributed by atoms with Crippen molar-refractivity contribution < 1.29 is 9.18 Å². The van der Waals surface area contributed by atoms with Crippen LogP contribution in [0.15, 0.2) is 84.9 Å². The zero-order valence-electron chi connectivity index (χ0n) is 19.2. The summed E-state index contributed by atoms with van der Waals surface area (Å²) in [5.41, 5.74) is 5.86. The maximum Gasteiger partial charge on any atom is 0.253 e. The molecule has 0 unspecified atom stereocenters. The lowest BCUT2D eigenvalue weighted by molar-refractivity contribution is 0.0782. The molecule has 0 saturated carbocycles. The zero-order chi connectivity index (χ0) is 23.5. The first kappa shape index (κ1) is 22.0. The number of nitrogens with zero attached hydrogens (tertiary/aromatic N) is 4. The van der Waals surface area contributed by atoms with Gasteiger partial charge in [-0.1, -0.05) is 48.5 Å². The first-order chi connectivity index (χ1) is 16.6. The first-order valence-electron chi connectivity index (χ1n) is 11.5. The van der Waals surface area contributed by atoms with E-state index in [-0.39, 0.29) is 11.7 Å². The van der Waals surface area contributed by atoms with Gasteiger partial charge in [-0.25, -0.2) is 9.07 Å². The van der Waals surface area contributed by atoms with Gasteiger partial charge in [0.2, 0.25) is 0 Å². The Morgan fingerprint density at radius 2 is 1.74 bits per heavy atom. The Balaban J connectivity index is 1.44. The molecule has 0 aliphatic carbocycles. The number of para-hydroxylation sites is 1. The van der Waals surface area contributed by atoms with Crippen molar-refractivity contribution in [3.05, 3.63) is 119 Å². The molecule has 3 aromatic carbocycles. The minimum atomic E-state index is -0.214. The van der Waals surface area contributed by atoms with Crippen LogP contribution in [0.1, 0.15) is 32.9 Å². The molecule has 1 aliphatic heterocycles. The first-order valence-corrected chi connectivity index (χ1v) is 11.5. The second-order valence-corrected chi connectivity index (χ2v) is 8.74. The minimum absolute atomic E-state index is 0.0314. The van der Waals surface area contributed by atoms with Crippen molar-refractivity contribution in [1.29, 1.82) is 0 Å². The minimum Gasteiger partial charge on any atom is -0.336 e. The number of aromatic nitrogens is 2.